The Kier molecular flexibility index (Phi) is 4.43. The van der Waals surface area contributed by atoms with Crippen molar-refractivity contribution in [2.45, 2.75) is 38.6 Å². The number of aryl methyl sites for hydroxylation is 1. The molecule has 1 heterocycles. The van der Waals surface area contributed by atoms with Crippen molar-refractivity contribution in [1.29, 1.82) is 0 Å². The Bertz CT molecular complexity index is 349. The predicted octanol–water partition coefficient (Wildman–Crippen LogP) is 1.69. The maximum atomic E-state index is 10.8. The van der Waals surface area contributed by atoms with Crippen molar-refractivity contribution in [2.75, 3.05) is 0 Å². The summed E-state index contributed by atoms with van der Waals surface area (Å²) in [5.74, 6) is -1.04. The first kappa shape index (κ1) is 12.6. The molecule has 4 heteroatoms. The molecule has 0 saturated carbocycles. The van der Waals surface area contributed by atoms with E-state index in [2.05, 4.69) is 4.98 Å². The van der Waals surface area contributed by atoms with E-state index in [0.29, 0.717) is 0 Å². The van der Waals surface area contributed by atoms with Crippen LogP contribution in [0.4, 0.5) is 0 Å². The van der Waals surface area contributed by atoms with Crippen molar-refractivity contribution in [3.8, 4) is 0 Å². The van der Waals surface area contributed by atoms with Gasteiger partial charge in [0.1, 0.15) is 0 Å². The van der Waals surface area contributed by atoms with Crippen LogP contribution in [-0.4, -0.2) is 22.1 Å². The molecule has 4 nitrogen and oxygen atoms in total. The molecule has 0 amide bonds. The summed E-state index contributed by atoms with van der Waals surface area (Å²) in [4.78, 5) is 15.0. The summed E-state index contributed by atoms with van der Waals surface area (Å²) in [6.45, 7) is 3.90. The number of hydrogen-bond donors (Lipinski definition) is 2. The second-order valence-electron chi connectivity index (χ2n) is 4.04. The molecule has 0 aliphatic carbocycles. The lowest BCUT2D eigenvalue weighted by molar-refractivity contribution is -0.137. The Morgan fingerprint density at radius 2 is 2.25 bits per heavy atom. The second-order valence-corrected chi connectivity index (χ2v) is 4.04. The molecule has 0 saturated heterocycles. The molecule has 0 aliphatic heterocycles. The number of rotatable bonds is 5. The number of aromatic nitrogens is 1. The molecule has 0 radical (unpaired) electrons. The van der Waals surface area contributed by atoms with E-state index < -0.39 is 5.97 Å². The number of pyridine rings is 1. The van der Waals surface area contributed by atoms with Crippen LogP contribution < -0.4 is 5.73 Å². The molecule has 2 atom stereocenters. The van der Waals surface area contributed by atoms with Crippen LogP contribution in [0.3, 0.4) is 0 Å². The lowest BCUT2D eigenvalue weighted by atomic mass is 9.91. The van der Waals surface area contributed by atoms with Crippen LogP contribution in [0, 0.1) is 6.92 Å². The van der Waals surface area contributed by atoms with Crippen molar-refractivity contribution < 1.29 is 9.90 Å². The third-order valence-corrected chi connectivity index (χ3v) is 2.70. The van der Waals surface area contributed by atoms with Gasteiger partial charge in [0.2, 0.25) is 0 Å². The minimum absolute atomic E-state index is 0.0328. The largest absolute Gasteiger partial charge is 0.481 e. The summed E-state index contributed by atoms with van der Waals surface area (Å²) in [7, 11) is 0. The summed E-state index contributed by atoms with van der Waals surface area (Å²) in [5.41, 5.74) is 7.76. The number of carboxylic acid groups (broad SMARTS) is 1. The Morgan fingerprint density at radius 3 is 2.69 bits per heavy atom. The number of aliphatic carboxylic acids is 1. The van der Waals surface area contributed by atoms with Crippen molar-refractivity contribution >= 4 is 5.97 Å². The molecule has 0 aliphatic rings. The Hall–Kier alpha value is -1.42. The second kappa shape index (κ2) is 5.61. The normalized spacial score (nSPS) is 14.4. The smallest absolute Gasteiger partial charge is 0.304 e. The molecule has 3 N–H and O–H groups in total. The van der Waals surface area contributed by atoms with Crippen LogP contribution in [0.25, 0.3) is 0 Å². The highest BCUT2D eigenvalue weighted by atomic mass is 16.4. The highest BCUT2D eigenvalue weighted by molar-refractivity contribution is 5.68. The number of hydrogen-bond acceptors (Lipinski definition) is 3. The molecule has 16 heavy (non-hydrogen) atoms. The van der Waals surface area contributed by atoms with Gasteiger partial charge in [-0.25, -0.2) is 0 Å². The molecule has 2 unspecified atom stereocenters. The first-order valence-electron chi connectivity index (χ1n) is 5.44. The van der Waals surface area contributed by atoms with Crippen molar-refractivity contribution in [2.24, 2.45) is 5.73 Å². The van der Waals surface area contributed by atoms with E-state index in [4.69, 9.17) is 10.8 Å². The van der Waals surface area contributed by atoms with Gasteiger partial charge in [0.25, 0.3) is 0 Å². The molecule has 88 valence electrons. The molecule has 0 aromatic carbocycles. The van der Waals surface area contributed by atoms with Gasteiger partial charge in [-0.1, -0.05) is 13.0 Å². The summed E-state index contributed by atoms with van der Waals surface area (Å²) in [6, 6.07) is 3.63. The van der Waals surface area contributed by atoms with E-state index in [1.165, 1.54) is 0 Å². The monoisotopic (exact) mass is 222 g/mol. The summed E-state index contributed by atoms with van der Waals surface area (Å²) >= 11 is 0. The third-order valence-electron chi connectivity index (χ3n) is 2.70. The van der Waals surface area contributed by atoms with E-state index in [1.54, 1.807) is 6.20 Å². The Morgan fingerprint density at radius 1 is 1.56 bits per heavy atom. The fraction of sp³-hybridized carbons (Fsp3) is 0.500. The number of carbonyl (C=O) groups is 1. The SMILES string of the molecule is CCC(N)C(CC(=O)O)c1ccc(C)cn1. The van der Waals surface area contributed by atoms with Crippen molar-refractivity contribution in [3.63, 3.8) is 0 Å². The van der Waals surface area contributed by atoms with Gasteiger partial charge in [0.15, 0.2) is 0 Å². The minimum atomic E-state index is -0.837. The third kappa shape index (κ3) is 3.31. The van der Waals surface area contributed by atoms with E-state index in [9.17, 15) is 4.79 Å². The van der Waals surface area contributed by atoms with E-state index in [1.807, 2.05) is 26.0 Å². The van der Waals surface area contributed by atoms with Gasteiger partial charge in [-0.2, -0.15) is 0 Å². The molecule has 1 aromatic rings. The summed E-state index contributed by atoms with van der Waals surface area (Å²) < 4.78 is 0. The van der Waals surface area contributed by atoms with Crippen molar-refractivity contribution in [1.82, 2.24) is 4.98 Å². The highest BCUT2D eigenvalue weighted by Crippen LogP contribution is 2.22. The molecule has 0 bridgehead atoms. The summed E-state index contributed by atoms with van der Waals surface area (Å²) in [6.07, 6.45) is 2.52. The lowest BCUT2D eigenvalue weighted by Crippen LogP contribution is -2.30. The Labute approximate surface area is 95.5 Å². The van der Waals surface area contributed by atoms with Gasteiger partial charge in [0.05, 0.1) is 6.42 Å². The Balaban J connectivity index is 2.91. The molecular formula is C12H18N2O2. The van der Waals surface area contributed by atoms with E-state index in [0.717, 1.165) is 17.7 Å². The number of nitrogens with zero attached hydrogens (tertiary/aromatic N) is 1. The minimum Gasteiger partial charge on any atom is -0.481 e. The fourth-order valence-electron chi connectivity index (χ4n) is 1.65. The molecular weight excluding hydrogens is 204 g/mol. The number of carboxylic acids is 1. The van der Waals surface area contributed by atoms with Gasteiger partial charge in [0, 0.05) is 23.9 Å². The maximum Gasteiger partial charge on any atom is 0.304 e. The molecule has 1 rings (SSSR count). The quantitative estimate of drug-likeness (QED) is 0.794. The van der Waals surface area contributed by atoms with Gasteiger partial charge in [-0.05, 0) is 25.0 Å². The van der Waals surface area contributed by atoms with E-state index in [-0.39, 0.29) is 18.4 Å². The zero-order valence-electron chi connectivity index (χ0n) is 9.68. The summed E-state index contributed by atoms with van der Waals surface area (Å²) in [5, 5.41) is 8.86. The van der Waals surface area contributed by atoms with Crippen LogP contribution in [0.15, 0.2) is 18.3 Å². The van der Waals surface area contributed by atoms with Crippen LogP contribution >= 0.6 is 0 Å². The van der Waals surface area contributed by atoms with Crippen LogP contribution in [0.2, 0.25) is 0 Å². The standard InChI is InChI=1S/C12H18N2O2/c1-3-10(13)9(6-12(15)16)11-5-4-8(2)7-14-11/h4-5,7,9-10H,3,6,13H2,1-2H3,(H,15,16). The van der Waals surface area contributed by atoms with Gasteiger partial charge in [-0.15, -0.1) is 0 Å². The molecule has 0 fully saturated rings. The average molecular weight is 222 g/mol. The van der Waals surface area contributed by atoms with Gasteiger partial charge < -0.3 is 10.8 Å². The predicted molar refractivity (Wildman–Crippen MR) is 62.2 cm³/mol. The van der Waals surface area contributed by atoms with E-state index >= 15 is 0 Å². The lowest BCUT2D eigenvalue weighted by Gasteiger charge is -2.20. The highest BCUT2D eigenvalue weighted by Gasteiger charge is 2.22. The average Bonchev–Trinajstić information content (AvgIpc) is 2.26. The topological polar surface area (TPSA) is 76.2 Å². The van der Waals surface area contributed by atoms with Crippen LogP contribution in [0.1, 0.15) is 36.9 Å². The number of nitrogens with two attached hydrogens (primary N) is 1. The molecule has 0 spiro atoms. The first-order valence-corrected chi connectivity index (χ1v) is 5.44. The molecule has 1 aromatic heterocycles. The maximum absolute atomic E-state index is 10.8. The van der Waals surface area contributed by atoms with Crippen molar-refractivity contribution in [3.05, 3.63) is 29.6 Å². The zero-order chi connectivity index (χ0) is 12.1. The van der Waals surface area contributed by atoms with Gasteiger partial charge in [-0.3, -0.25) is 9.78 Å². The zero-order valence-corrected chi connectivity index (χ0v) is 9.68. The van der Waals surface area contributed by atoms with Gasteiger partial charge >= 0.3 is 5.97 Å². The fourth-order valence-corrected chi connectivity index (χ4v) is 1.65. The first-order chi connectivity index (χ1) is 7.54. The van der Waals surface area contributed by atoms with Crippen LogP contribution in [-0.2, 0) is 4.79 Å². The van der Waals surface area contributed by atoms with Crippen LogP contribution in [0.5, 0.6) is 0 Å².